The predicted octanol–water partition coefficient (Wildman–Crippen LogP) is 4.95. The molecule has 8 heteroatoms. The van der Waals surface area contributed by atoms with Gasteiger partial charge in [0.2, 0.25) is 4.96 Å². The van der Waals surface area contributed by atoms with Crippen LogP contribution in [0.25, 0.3) is 11.0 Å². The highest BCUT2D eigenvalue weighted by Gasteiger charge is 2.08. The summed E-state index contributed by atoms with van der Waals surface area (Å²) in [6.45, 7) is 2.50. The van der Waals surface area contributed by atoms with E-state index in [4.69, 9.17) is 4.74 Å². The fraction of sp³-hybridized carbons (Fsp3) is 0.182. The Balaban J connectivity index is 1.20. The van der Waals surface area contributed by atoms with Crippen molar-refractivity contribution in [2.45, 2.75) is 17.7 Å². The average molecular weight is 437 g/mol. The van der Waals surface area contributed by atoms with Crippen LogP contribution in [0, 0.1) is 6.92 Å². The number of ether oxygens (including phenoxy) is 1. The second kappa shape index (κ2) is 9.69. The van der Waals surface area contributed by atoms with Gasteiger partial charge in [0.05, 0.1) is 6.61 Å². The first kappa shape index (κ1) is 20.3. The van der Waals surface area contributed by atoms with Crippen LogP contribution in [0.2, 0.25) is 0 Å². The molecule has 4 rings (SSSR count). The highest BCUT2D eigenvalue weighted by atomic mass is 32.2. The van der Waals surface area contributed by atoms with Crippen molar-refractivity contribution in [3.63, 3.8) is 0 Å². The summed E-state index contributed by atoms with van der Waals surface area (Å²) in [5, 5.41) is 12.5. The number of nitrogens with zero attached hydrogens (tertiary/aromatic N) is 4. The van der Waals surface area contributed by atoms with Crippen LogP contribution in [0.3, 0.4) is 0 Å². The molecule has 0 unspecified atom stereocenters. The van der Waals surface area contributed by atoms with Crippen LogP contribution in [0.5, 0.6) is 5.75 Å². The largest absolute Gasteiger partial charge is 0.494 e. The van der Waals surface area contributed by atoms with Crippen molar-refractivity contribution in [1.82, 2.24) is 19.8 Å². The van der Waals surface area contributed by atoms with E-state index in [1.807, 2.05) is 55.5 Å². The van der Waals surface area contributed by atoms with Crippen LogP contribution in [0.15, 0.2) is 65.0 Å². The maximum Gasteiger partial charge on any atom is 0.235 e. The first-order valence-electron chi connectivity index (χ1n) is 9.51. The fourth-order valence-corrected chi connectivity index (χ4v) is 4.62. The lowest BCUT2D eigenvalue weighted by molar-refractivity contribution is 0.104. The number of rotatable bonds is 9. The van der Waals surface area contributed by atoms with Crippen molar-refractivity contribution in [2.75, 3.05) is 12.4 Å². The van der Waals surface area contributed by atoms with Crippen molar-refractivity contribution in [3.8, 4) is 5.75 Å². The minimum absolute atomic E-state index is 0.0259. The molecule has 6 nitrogen and oxygen atoms in total. The summed E-state index contributed by atoms with van der Waals surface area (Å²) in [6, 6.07) is 17.0. The number of thioether (sulfide) groups is 1. The number of ketones is 1. The molecule has 2 heterocycles. The fourth-order valence-electron chi connectivity index (χ4n) is 2.71. The Hall–Kier alpha value is -2.97. The van der Waals surface area contributed by atoms with Crippen molar-refractivity contribution in [2.24, 2.45) is 0 Å². The molecule has 0 N–H and O–H groups in total. The van der Waals surface area contributed by atoms with E-state index in [0.29, 0.717) is 12.2 Å². The zero-order valence-corrected chi connectivity index (χ0v) is 18.0. The van der Waals surface area contributed by atoms with Crippen LogP contribution in [-0.4, -0.2) is 38.0 Å². The average Bonchev–Trinajstić information content (AvgIpc) is 3.34. The normalized spacial score (nSPS) is 11.4. The molecule has 4 aromatic rings. The number of carbonyl (C=O) groups excluding carboxylic acids is 1. The summed E-state index contributed by atoms with van der Waals surface area (Å²) in [7, 11) is 0. The zero-order chi connectivity index (χ0) is 20.8. The van der Waals surface area contributed by atoms with Gasteiger partial charge in [-0.3, -0.25) is 4.79 Å². The number of aromatic nitrogens is 4. The van der Waals surface area contributed by atoms with Crippen LogP contribution >= 0.6 is 23.1 Å². The van der Waals surface area contributed by atoms with Crippen molar-refractivity contribution in [1.29, 1.82) is 0 Å². The molecule has 0 radical (unpaired) electrons. The summed E-state index contributed by atoms with van der Waals surface area (Å²) in [5.41, 5.74) is 1.64. The van der Waals surface area contributed by atoms with Gasteiger partial charge in [0, 0.05) is 11.3 Å². The number of hydrogen-bond donors (Lipinski definition) is 0. The molecule has 2 aromatic heterocycles. The molecule has 0 amide bonds. The lowest BCUT2D eigenvalue weighted by Gasteiger charge is -2.06. The van der Waals surface area contributed by atoms with Crippen LogP contribution in [0.4, 0.5) is 0 Å². The molecule has 0 atom stereocenters. The first-order valence-corrected chi connectivity index (χ1v) is 11.3. The molecule has 2 aromatic carbocycles. The Morgan fingerprint density at radius 2 is 1.93 bits per heavy atom. The SMILES string of the molecule is Cc1nnc2sc(SCCCOc3ccc(C(=O)/C=C/c4ccccc4)cc3)nn12. The molecule has 0 bridgehead atoms. The third-order valence-electron chi connectivity index (χ3n) is 4.28. The molecule has 0 saturated carbocycles. The summed E-state index contributed by atoms with van der Waals surface area (Å²) in [6.07, 6.45) is 4.31. The molecule has 0 saturated heterocycles. The number of carbonyl (C=O) groups is 1. The highest BCUT2D eigenvalue weighted by Crippen LogP contribution is 2.25. The molecule has 0 aliphatic carbocycles. The van der Waals surface area contributed by atoms with E-state index in [-0.39, 0.29) is 5.78 Å². The van der Waals surface area contributed by atoms with Gasteiger partial charge in [-0.2, -0.15) is 4.52 Å². The predicted molar refractivity (Wildman–Crippen MR) is 120 cm³/mol. The van der Waals surface area contributed by atoms with E-state index < -0.39 is 0 Å². The summed E-state index contributed by atoms with van der Waals surface area (Å²) >= 11 is 3.23. The molecular formula is C22H20N4O2S2. The Morgan fingerprint density at radius 1 is 1.13 bits per heavy atom. The van der Waals surface area contributed by atoms with Crippen molar-refractivity contribution in [3.05, 3.63) is 77.6 Å². The number of benzene rings is 2. The lowest BCUT2D eigenvalue weighted by atomic mass is 10.1. The molecule has 152 valence electrons. The Morgan fingerprint density at radius 3 is 2.70 bits per heavy atom. The number of hydrogen-bond acceptors (Lipinski definition) is 7. The van der Waals surface area contributed by atoms with Crippen LogP contribution in [-0.2, 0) is 0 Å². The van der Waals surface area contributed by atoms with Gasteiger partial charge in [-0.25, -0.2) is 0 Å². The molecule has 30 heavy (non-hydrogen) atoms. The molecular weight excluding hydrogens is 416 g/mol. The Kier molecular flexibility index (Phi) is 6.56. The lowest BCUT2D eigenvalue weighted by Crippen LogP contribution is -2.00. The van der Waals surface area contributed by atoms with Gasteiger partial charge in [-0.05, 0) is 49.2 Å². The number of allylic oxidation sites excluding steroid dienone is 1. The summed E-state index contributed by atoms with van der Waals surface area (Å²) in [4.78, 5) is 13.1. The van der Waals surface area contributed by atoms with Crippen molar-refractivity contribution >= 4 is 39.9 Å². The molecule has 0 spiro atoms. The van der Waals surface area contributed by atoms with E-state index in [2.05, 4.69) is 15.3 Å². The van der Waals surface area contributed by atoms with Crippen molar-refractivity contribution < 1.29 is 9.53 Å². The Labute approximate surface area is 182 Å². The van der Waals surface area contributed by atoms with Gasteiger partial charge in [-0.15, -0.1) is 15.3 Å². The monoisotopic (exact) mass is 436 g/mol. The molecule has 0 fully saturated rings. The topological polar surface area (TPSA) is 69.4 Å². The van der Waals surface area contributed by atoms with E-state index in [9.17, 15) is 4.79 Å². The van der Waals surface area contributed by atoms with Gasteiger partial charge in [0.25, 0.3) is 0 Å². The van der Waals surface area contributed by atoms with E-state index in [1.54, 1.807) is 45.8 Å². The minimum atomic E-state index is -0.0259. The third-order valence-corrected chi connectivity index (χ3v) is 6.40. The van der Waals surface area contributed by atoms with E-state index in [1.165, 1.54) is 0 Å². The standard InChI is InChI=1S/C22H20N4O2S2/c1-16-23-24-21-26(16)25-22(30-21)29-15-5-14-28-19-11-9-18(10-12-19)20(27)13-8-17-6-3-2-4-7-17/h2-4,6-13H,5,14-15H2,1H3/b13-8+. The smallest absolute Gasteiger partial charge is 0.235 e. The van der Waals surface area contributed by atoms with E-state index >= 15 is 0 Å². The zero-order valence-electron chi connectivity index (χ0n) is 16.4. The van der Waals surface area contributed by atoms with Gasteiger partial charge in [0.1, 0.15) is 5.75 Å². The molecule has 0 aliphatic heterocycles. The second-order valence-electron chi connectivity index (χ2n) is 6.49. The Bertz CT molecular complexity index is 1150. The second-order valence-corrected chi connectivity index (χ2v) is 8.79. The summed E-state index contributed by atoms with van der Waals surface area (Å²) < 4.78 is 8.53. The van der Waals surface area contributed by atoms with Gasteiger partial charge in [-0.1, -0.05) is 59.5 Å². The maximum absolute atomic E-state index is 12.3. The van der Waals surface area contributed by atoms with Gasteiger partial charge >= 0.3 is 0 Å². The maximum atomic E-state index is 12.3. The van der Waals surface area contributed by atoms with Gasteiger partial charge < -0.3 is 4.74 Å². The first-order chi connectivity index (χ1) is 14.7. The highest BCUT2D eigenvalue weighted by molar-refractivity contribution is 8.01. The van der Waals surface area contributed by atoms with Crippen LogP contribution in [0.1, 0.15) is 28.2 Å². The molecule has 0 aliphatic rings. The van der Waals surface area contributed by atoms with Crippen LogP contribution < -0.4 is 4.74 Å². The van der Waals surface area contributed by atoms with Gasteiger partial charge in [0.15, 0.2) is 15.9 Å². The number of aryl methyl sites for hydroxylation is 1. The van der Waals surface area contributed by atoms with E-state index in [0.717, 1.165) is 38.6 Å². The quantitative estimate of drug-likeness (QED) is 0.160. The minimum Gasteiger partial charge on any atom is -0.494 e. The third kappa shape index (κ3) is 5.14. The summed E-state index contributed by atoms with van der Waals surface area (Å²) in [5.74, 6) is 2.44. The number of fused-ring (bicyclic) bond motifs is 1.